The normalized spacial score (nSPS) is 13.7. The van der Waals surface area contributed by atoms with Crippen molar-refractivity contribution in [2.45, 2.75) is 6.92 Å². The van der Waals surface area contributed by atoms with Crippen LogP contribution in [0.3, 0.4) is 0 Å². The molecule has 15 heavy (non-hydrogen) atoms. The summed E-state index contributed by atoms with van der Waals surface area (Å²) in [5.74, 6) is -0.943. The first-order chi connectivity index (χ1) is 7.11. The maximum absolute atomic E-state index is 13.8. The third-order valence-corrected chi connectivity index (χ3v) is 2.16. The Kier molecular flexibility index (Phi) is 2.22. The van der Waals surface area contributed by atoms with Gasteiger partial charge in [-0.15, -0.1) is 0 Å². The van der Waals surface area contributed by atoms with E-state index in [1.165, 1.54) is 13.0 Å². The van der Waals surface area contributed by atoms with E-state index in [2.05, 4.69) is 0 Å². The second-order valence-corrected chi connectivity index (χ2v) is 3.24. The summed E-state index contributed by atoms with van der Waals surface area (Å²) in [4.78, 5) is 11.2. The smallest absolute Gasteiger partial charge is 0.198 e. The molecular weight excluding hydrogens is 201 g/mol. The van der Waals surface area contributed by atoms with Crippen molar-refractivity contribution in [2.24, 2.45) is 0 Å². The van der Waals surface area contributed by atoms with Crippen LogP contribution >= 0.6 is 0 Å². The molecule has 5 heteroatoms. The van der Waals surface area contributed by atoms with Gasteiger partial charge in [0.05, 0.1) is 5.56 Å². The van der Waals surface area contributed by atoms with Crippen molar-refractivity contribution >= 4 is 11.5 Å². The van der Waals surface area contributed by atoms with E-state index in [0.717, 1.165) is 0 Å². The SMILES string of the molecule is CC(=O)c1c(N)cc2c(c1F)OCCO2. The molecule has 0 radical (unpaired) electrons. The summed E-state index contributed by atoms with van der Waals surface area (Å²) >= 11 is 0. The first-order valence-corrected chi connectivity index (χ1v) is 4.49. The van der Waals surface area contributed by atoms with Crippen molar-refractivity contribution in [2.75, 3.05) is 18.9 Å². The van der Waals surface area contributed by atoms with Crippen LogP contribution in [0.4, 0.5) is 10.1 Å². The molecule has 0 fully saturated rings. The van der Waals surface area contributed by atoms with Gasteiger partial charge in [-0.2, -0.15) is 0 Å². The topological polar surface area (TPSA) is 61.6 Å². The average molecular weight is 211 g/mol. The lowest BCUT2D eigenvalue weighted by Crippen LogP contribution is -2.18. The number of ether oxygens (including phenoxy) is 2. The number of carbonyl (C=O) groups excluding carboxylic acids is 1. The van der Waals surface area contributed by atoms with Gasteiger partial charge in [0.2, 0.25) is 0 Å². The van der Waals surface area contributed by atoms with Gasteiger partial charge >= 0.3 is 0 Å². The third kappa shape index (κ3) is 1.49. The Bertz CT molecular complexity index is 431. The maximum Gasteiger partial charge on any atom is 0.198 e. The fourth-order valence-electron chi connectivity index (χ4n) is 1.52. The van der Waals surface area contributed by atoms with E-state index in [0.29, 0.717) is 6.61 Å². The summed E-state index contributed by atoms with van der Waals surface area (Å²) in [5, 5.41) is 0. The summed E-state index contributed by atoms with van der Waals surface area (Å²) in [6.45, 7) is 1.88. The number of carbonyl (C=O) groups is 1. The van der Waals surface area contributed by atoms with E-state index in [4.69, 9.17) is 15.2 Å². The zero-order valence-corrected chi connectivity index (χ0v) is 8.17. The van der Waals surface area contributed by atoms with Crippen molar-refractivity contribution in [3.63, 3.8) is 0 Å². The Morgan fingerprint density at radius 3 is 2.80 bits per heavy atom. The predicted octanol–water partition coefficient (Wildman–Crippen LogP) is 1.38. The van der Waals surface area contributed by atoms with Crippen molar-refractivity contribution < 1.29 is 18.7 Å². The van der Waals surface area contributed by atoms with Gasteiger partial charge in [-0.05, 0) is 6.92 Å². The van der Waals surface area contributed by atoms with Crippen molar-refractivity contribution in [3.05, 3.63) is 17.4 Å². The molecule has 1 aromatic carbocycles. The number of anilines is 1. The highest BCUT2D eigenvalue weighted by molar-refractivity contribution is 6.00. The Hall–Kier alpha value is -1.78. The zero-order chi connectivity index (χ0) is 11.0. The van der Waals surface area contributed by atoms with Crippen LogP contribution in [0.5, 0.6) is 11.5 Å². The Morgan fingerprint density at radius 1 is 1.47 bits per heavy atom. The number of nitrogens with two attached hydrogens (primary N) is 1. The number of fused-ring (bicyclic) bond motifs is 1. The molecule has 0 amide bonds. The van der Waals surface area contributed by atoms with Crippen LogP contribution in [0, 0.1) is 5.82 Å². The molecule has 0 saturated carbocycles. The molecule has 0 bridgehead atoms. The highest BCUT2D eigenvalue weighted by Gasteiger charge is 2.24. The van der Waals surface area contributed by atoms with Gasteiger partial charge in [0.15, 0.2) is 23.1 Å². The lowest BCUT2D eigenvalue weighted by Gasteiger charge is -2.20. The van der Waals surface area contributed by atoms with Crippen LogP contribution in [0.15, 0.2) is 6.07 Å². The van der Waals surface area contributed by atoms with Gasteiger partial charge in [-0.3, -0.25) is 4.79 Å². The number of halogens is 1. The monoisotopic (exact) mass is 211 g/mol. The van der Waals surface area contributed by atoms with Crippen LogP contribution in [0.2, 0.25) is 0 Å². The van der Waals surface area contributed by atoms with Gasteiger partial charge in [0, 0.05) is 11.8 Å². The third-order valence-electron chi connectivity index (χ3n) is 2.16. The maximum atomic E-state index is 13.8. The van der Waals surface area contributed by atoms with E-state index in [9.17, 15) is 9.18 Å². The molecule has 0 spiro atoms. The number of benzene rings is 1. The van der Waals surface area contributed by atoms with Crippen molar-refractivity contribution in [1.29, 1.82) is 0 Å². The largest absolute Gasteiger partial charge is 0.486 e. The van der Waals surface area contributed by atoms with Crippen LogP contribution in [0.25, 0.3) is 0 Å². The van der Waals surface area contributed by atoms with Crippen LogP contribution in [0.1, 0.15) is 17.3 Å². The Balaban J connectivity index is 2.64. The molecule has 80 valence electrons. The van der Waals surface area contributed by atoms with Crippen LogP contribution in [-0.2, 0) is 0 Å². The van der Waals surface area contributed by atoms with E-state index in [-0.39, 0.29) is 29.4 Å². The minimum Gasteiger partial charge on any atom is -0.486 e. The van der Waals surface area contributed by atoms with E-state index >= 15 is 0 Å². The minimum atomic E-state index is -0.739. The van der Waals surface area contributed by atoms with Gasteiger partial charge in [-0.25, -0.2) is 4.39 Å². The van der Waals surface area contributed by atoms with Crippen LogP contribution in [-0.4, -0.2) is 19.0 Å². The standard InChI is InChI=1S/C10H10FNO3/c1-5(13)8-6(12)4-7-10(9(8)11)15-3-2-14-7/h4H,2-3,12H2,1H3. The number of ketones is 1. The molecule has 0 saturated heterocycles. The van der Waals surface area contributed by atoms with Gasteiger partial charge in [0.1, 0.15) is 13.2 Å². The molecule has 2 rings (SSSR count). The Morgan fingerprint density at radius 2 is 2.13 bits per heavy atom. The molecule has 0 aliphatic carbocycles. The highest BCUT2D eigenvalue weighted by Crippen LogP contribution is 2.38. The van der Waals surface area contributed by atoms with Crippen molar-refractivity contribution in [1.82, 2.24) is 0 Å². The Labute approximate surface area is 85.8 Å². The van der Waals surface area contributed by atoms with E-state index in [1.54, 1.807) is 0 Å². The number of Topliss-reactive ketones (excluding diaryl/α,β-unsaturated/α-hetero) is 1. The molecular formula is C10H10FNO3. The number of nitrogen functional groups attached to an aromatic ring is 1. The highest BCUT2D eigenvalue weighted by atomic mass is 19.1. The molecule has 1 aliphatic heterocycles. The van der Waals surface area contributed by atoms with Crippen LogP contribution < -0.4 is 15.2 Å². The molecule has 1 aromatic rings. The van der Waals surface area contributed by atoms with Gasteiger partial charge < -0.3 is 15.2 Å². The van der Waals surface area contributed by atoms with Crippen molar-refractivity contribution in [3.8, 4) is 11.5 Å². The van der Waals surface area contributed by atoms with E-state index < -0.39 is 11.6 Å². The summed E-state index contributed by atoms with van der Waals surface area (Å²) in [5.41, 5.74) is 5.48. The summed E-state index contributed by atoms with van der Waals surface area (Å²) in [6, 6.07) is 1.41. The number of rotatable bonds is 1. The first kappa shape index (κ1) is 9.76. The molecule has 0 unspecified atom stereocenters. The van der Waals surface area contributed by atoms with E-state index in [1.807, 2.05) is 0 Å². The fraction of sp³-hybridized carbons (Fsp3) is 0.300. The molecule has 1 aliphatic rings. The summed E-state index contributed by atoms with van der Waals surface area (Å²) in [6.07, 6.45) is 0. The second-order valence-electron chi connectivity index (χ2n) is 3.24. The second kappa shape index (κ2) is 3.42. The quantitative estimate of drug-likeness (QED) is 0.563. The summed E-state index contributed by atoms with van der Waals surface area (Å²) < 4.78 is 24.0. The molecule has 0 aromatic heterocycles. The number of hydrogen-bond acceptors (Lipinski definition) is 4. The molecule has 1 heterocycles. The van der Waals surface area contributed by atoms with Gasteiger partial charge in [-0.1, -0.05) is 0 Å². The lowest BCUT2D eigenvalue weighted by molar-refractivity contribution is 0.101. The summed E-state index contributed by atoms with van der Waals surface area (Å²) in [7, 11) is 0. The molecule has 4 nitrogen and oxygen atoms in total. The zero-order valence-electron chi connectivity index (χ0n) is 8.17. The molecule has 0 atom stereocenters. The minimum absolute atomic E-state index is 0.0272. The number of hydrogen-bond donors (Lipinski definition) is 1. The average Bonchev–Trinajstić information content (AvgIpc) is 2.17. The predicted molar refractivity (Wildman–Crippen MR) is 51.8 cm³/mol. The van der Waals surface area contributed by atoms with Gasteiger partial charge in [0.25, 0.3) is 0 Å². The lowest BCUT2D eigenvalue weighted by atomic mass is 10.1. The fourth-order valence-corrected chi connectivity index (χ4v) is 1.52. The molecule has 2 N–H and O–H groups in total. The first-order valence-electron chi connectivity index (χ1n) is 4.49.